The Bertz CT molecular complexity index is 308. The van der Waals surface area contributed by atoms with Crippen molar-refractivity contribution >= 4 is 5.91 Å². The number of hydrogen-bond acceptors (Lipinski definition) is 3. The molecule has 0 aromatic heterocycles. The highest BCUT2D eigenvalue weighted by molar-refractivity contribution is 5.73. The summed E-state index contributed by atoms with van der Waals surface area (Å²) < 4.78 is 0. The summed E-state index contributed by atoms with van der Waals surface area (Å²) in [5.74, 6) is 1.69. The van der Waals surface area contributed by atoms with Crippen LogP contribution < -0.4 is 5.73 Å². The van der Waals surface area contributed by atoms with Gasteiger partial charge in [0, 0.05) is 39.1 Å². The first-order chi connectivity index (χ1) is 9.11. The van der Waals surface area contributed by atoms with E-state index in [1.807, 2.05) is 4.90 Å². The molecular weight excluding hydrogens is 238 g/mol. The first-order valence-corrected chi connectivity index (χ1v) is 7.81. The minimum atomic E-state index is 0.217. The Hall–Kier alpha value is -0.610. The second-order valence-corrected chi connectivity index (χ2v) is 6.38. The van der Waals surface area contributed by atoms with Crippen molar-refractivity contribution in [1.29, 1.82) is 0 Å². The highest BCUT2D eigenvalue weighted by Gasteiger charge is 2.33. The maximum Gasteiger partial charge on any atom is 0.219 e. The van der Waals surface area contributed by atoms with Crippen LogP contribution in [0.2, 0.25) is 0 Å². The van der Waals surface area contributed by atoms with E-state index in [9.17, 15) is 4.79 Å². The van der Waals surface area contributed by atoms with Gasteiger partial charge in [0.25, 0.3) is 0 Å². The molecular formula is C15H29N3O. The van der Waals surface area contributed by atoms with Gasteiger partial charge in [-0.1, -0.05) is 13.3 Å². The van der Waals surface area contributed by atoms with Crippen molar-refractivity contribution in [3.05, 3.63) is 0 Å². The zero-order chi connectivity index (χ0) is 13.8. The molecule has 2 fully saturated rings. The molecule has 0 radical (unpaired) electrons. The van der Waals surface area contributed by atoms with Gasteiger partial charge < -0.3 is 10.6 Å². The molecule has 0 aromatic rings. The number of hydrogen-bond donors (Lipinski definition) is 1. The van der Waals surface area contributed by atoms with Gasteiger partial charge in [-0.15, -0.1) is 0 Å². The van der Waals surface area contributed by atoms with E-state index in [0.29, 0.717) is 12.0 Å². The predicted octanol–water partition coefficient (Wildman–Crippen LogP) is 1.30. The molecule has 19 heavy (non-hydrogen) atoms. The van der Waals surface area contributed by atoms with Crippen LogP contribution in [-0.2, 0) is 4.79 Å². The maximum atomic E-state index is 11.5. The van der Waals surface area contributed by atoms with E-state index in [4.69, 9.17) is 5.73 Å². The normalized spacial score (nSPS) is 34.1. The molecule has 4 heteroatoms. The molecule has 1 heterocycles. The number of carbonyl (C=O) groups is 1. The molecule has 1 saturated heterocycles. The first-order valence-electron chi connectivity index (χ1n) is 7.81. The van der Waals surface area contributed by atoms with Crippen LogP contribution >= 0.6 is 0 Å². The van der Waals surface area contributed by atoms with Crippen molar-refractivity contribution in [3.63, 3.8) is 0 Å². The average Bonchev–Trinajstić information content (AvgIpc) is 2.64. The van der Waals surface area contributed by atoms with E-state index in [0.717, 1.165) is 45.1 Å². The fourth-order valence-electron chi connectivity index (χ4n) is 3.72. The molecule has 0 aromatic carbocycles. The second-order valence-electron chi connectivity index (χ2n) is 6.38. The van der Waals surface area contributed by atoms with Gasteiger partial charge in [0.1, 0.15) is 0 Å². The van der Waals surface area contributed by atoms with Crippen LogP contribution in [0.25, 0.3) is 0 Å². The molecule has 3 unspecified atom stereocenters. The van der Waals surface area contributed by atoms with E-state index in [1.54, 1.807) is 6.92 Å². The first kappa shape index (κ1) is 14.8. The second kappa shape index (κ2) is 6.71. The molecule has 0 bridgehead atoms. The maximum absolute atomic E-state index is 11.5. The van der Waals surface area contributed by atoms with Crippen molar-refractivity contribution in [2.75, 3.05) is 32.7 Å². The lowest BCUT2D eigenvalue weighted by molar-refractivity contribution is -0.128. The fourth-order valence-corrected chi connectivity index (χ4v) is 3.72. The van der Waals surface area contributed by atoms with Gasteiger partial charge in [-0.3, -0.25) is 9.69 Å². The number of nitrogens with two attached hydrogens (primary N) is 1. The zero-order valence-corrected chi connectivity index (χ0v) is 12.5. The third-order valence-electron chi connectivity index (χ3n) is 4.97. The SMILES string of the molecule is CC(=O)N1CCCN(C2CC(C)CCC2CN)CC1. The summed E-state index contributed by atoms with van der Waals surface area (Å²) in [5.41, 5.74) is 5.97. The summed E-state index contributed by atoms with van der Waals surface area (Å²) in [6, 6.07) is 0.639. The summed E-state index contributed by atoms with van der Waals surface area (Å²) >= 11 is 0. The van der Waals surface area contributed by atoms with Gasteiger partial charge in [-0.25, -0.2) is 0 Å². The molecule has 2 rings (SSSR count). The third kappa shape index (κ3) is 3.69. The van der Waals surface area contributed by atoms with E-state index in [1.165, 1.54) is 19.3 Å². The molecule has 1 saturated carbocycles. The van der Waals surface area contributed by atoms with Gasteiger partial charge in [-0.2, -0.15) is 0 Å². The number of carbonyl (C=O) groups excluding carboxylic acids is 1. The minimum absolute atomic E-state index is 0.217. The Kier molecular flexibility index (Phi) is 5.22. The van der Waals surface area contributed by atoms with Crippen LogP contribution in [0.4, 0.5) is 0 Å². The zero-order valence-electron chi connectivity index (χ0n) is 12.5. The summed E-state index contributed by atoms with van der Waals surface area (Å²) in [6.45, 7) is 8.80. The lowest BCUT2D eigenvalue weighted by Crippen LogP contribution is -2.48. The van der Waals surface area contributed by atoms with Crippen molar-refractivity contribution in [1.82, 2.24) is 9.80 Å². The van der Waals surface area contributed by atoms with Crippen molar-refractivity contribution in [2.24, 2.45) is 17.6 Å². The van der Waals surface area contributed by atoms with Crippen LogP contribution in [-0.4, -0.2) is 54.5 Å². The molecule has 1 aliphatic heterocycles. The van der Waals surface area contributed by atoms with Crippen LogP contribution in [0.5, 0.6) is 0 Å². The molecule has 2 aliphatic rings. The molecule has 1 amide bonds. The Balaban J connectivity index is 1.97. The fraction of sp³-hybridized carbons (Fsp3) is 0.933. The van der Waals surface area contributed by atoms with E-state index in [-0.39, 0.29) is 5.91 Å². The summed E-state index contributed by atoms with van der Waals surface area (Å²) in [6.07, 6.45) is 4.98. The number of amides is 1. The minimum Gasteiger partial charge on any atom is -0.342 e. The number of nitrogens with zero attached hydrogens (tertiary/aromatic N) is 2. The predicted molar refractivity (Wildman–Crippen MR) is 77.8 cm³/mol. The topological polar surface area (TPSA) is 49.6 Å². The van der Waals surface area contributed by atoms with Gasteiger partial charge in [0.05, 0.1) is 0 Å². The van der Waals surface area contributed by atoms with Crippen LogP contribution in [0.1, 0.15) is 39.5 Å². The molecule has 110 valence electrons. The average molecular weight is 267 g/mol. The van der Waals surface area contributed by atoms with Crippen LogP contribution in [0, 0.1) is 11.8 Å². The Labute approximate surface area is 117 Å². The standard InChI is InChI=1S/C15H29N3O/c1-12-4-5-14(11-16)15(10-12)18-7-3-6-17(8-9-18)13(2)19/h12,14-15H,3-11,16H2,1-2H3. The lowest BCUT2D eigenvalue weighted by Gasteiger charge is -2.41. The molecule has 3 atom stereocenters. The molecule has 1 aliphatic carbocycles. The summed E-state index contributed by atoms with van der Waals surface area (Å²) in [5, 5.41) is 0. The monoisotopic (exact) mass is 267 g/mol. The van der Waals surface area contributed by atoms with E-state index in [2.05, 4.69) is 11.8 Å². The van der Waals surface area contributed by atoms with Crippen molar-refractivity contribution < 1.29 is 4.79 Å². The largest absolute Gasteiger partial charge is 0.342 e. The smallest absolute Gasteiger partial charge is 0.219 e. The molecule has 4 nitrogen and oxygen atoms in total. The van der Waals surface area contributed by atoms with Gasteiger partial charge in [0.2, 0.25) is 5.91 Å². The number of rotatable bonds is 2. The summed E-state index contributed by atoms with van der Waals surface area (Å²) in [4.78, 5) is 16.1. The van der Waals surface area contributed by atoms with E-state index >= 15 is 0 Å². The molecule has 0 spiro atoms. The highest BCUT2D eigenvalue weighted by Crippen LogP contribution is 2.32. The van der Waals surface area contributed by atoms with E-state index < -0.39 is 0 Å². The van der Waals surface area contributed by atoms with Gasteiger partial charge >= 0.3 is 0 Å². The van der Waals surface area contributed by atoms with Crippen LogP contribution in [0.3, 0.4) is 0 Å². The van der Waals surface area contributed by atoms with Gasteiger partial charge in [-0.05, 0) is 37.6 Å². The van der Waals surface area contributed by atoms with Gasteiger partial charge in [0.15, 0.2) is 0 Å². The summed E-state index contributed by atoms with van der Waals surface area (Å²) in [7, 11) is 0. The Morgan fingerprint density at radius 2 is 2.00 bits per heavy atom. The van der Waals surface area contributed by atoms with Crippen LogP contribution in [0.15, 0.2) is 0 Å². The quantitative estimate of drug-likeness (QED) is 0.820. The van der Waals surface area contributed by atoms with Crippen molar-refractivity contribution in [3.8, 4) is 0 Å². The highest BCUT2D eigenvalue weighted by atomic mass is 16.2. The third-order valence-corrected chi connectivity index (χ3v) is 4.97. The molecule has 2 N–H and O–H groups in total. The Morgan fingerprint density at radius 3 is 2.68 bits per heavy atom. The van der Waals surface area contributed by atoms with Crippen molar-refractivity contribution in [2.45, 2.75) is 45.6 Å². The lowest BCUT2D eigenvalue weighted by atomic mass is 9.78. The Morgan fingerprint density at radius 1 is 1.21 bits per heavy atom.